The molecule has 22 nitrogen and oxygen atoms in total. The maximum absolute atomic E-state index is 13.9. The normalized spacial score (nSPS) is 20.9. The fourth-order valence-electron chi connectivity index (χ4n) is 18.5. The molecule has 3 aromatic heterocycles. The molecule has 26 heteroatoms. The summed E-state index contributed by atoms with van der Waals surface area (Å²) in [5, 5.41) is 3.24. The van der Waals surface area contributed by atoms with Crippen LogP contribution in [0.4, 0.5) is 9.59 Å². The van der Waals surface area contributed by atoms with Gasteiger partial charge in [-0.15, -0.1) is 0 Å². The number of aromatic nitrogens is 3. The molecule has 6 fully saturated rings. The molecule has 117 heavy (non-hydrogen) atoms. The molecule has 7 aliphatic heterocycles. The maximum atomic E-state index is 13.9. The van der Waals surface area contributed by atoms with E-state index >= 15 is 0 Å². The van der Waals surface area contributed by atoms with E-state index in [1.807, 2.05) is 153 Å². The zero-order valence-corrected chi connectivity index (χ0v) is 67.3. The topological polar surface area (TPSA) is 313 Å². The molecule has 9 aromatic carbocycles. The van der Waals surface area contributed by atoms with Crippen molar-refractivity contribution in [2.24, 2.45) is 22.9 Å². The first kappa shape index (κ1) is 77.3. The van der Waals surface area contributed by atoms with E-state index in [-0.39, 0.29) is 29.0 Å². The highest BCUT2D eigenvalue weighted by Gasteiger charge is 2.51. The Bertz CT molecular complexity index is 5900. The molecule has 10 heterocycles. The lowest BCUT2D eigenvalue weighted by Crippen LogP contribution is -2.46. The summed E-state index contributed by atoms with van der Waals surface area (Å²) < 4.78 is 31.1. The average molecular weight is 1600 g/mol. The van der Waals surface area contributed by atoms with Crippen LogP contribution in [0.15, 0.2) is 210 Å². The molecule has 12 aromatic rings. The lowest BCUT2D eigenvalue weighted by atomic mass is 9.74. The van der Waals surface area contributed by atoms with Crippen molar-refractivity contribution in [3.8, 4) is 5.75 Å². The van der Waals surface area contributed by atoms with Gasteiger partial charge in [-0.3, -0.25) is 19.2 Å². The number of ether oxygens (including phenoxy) is 1. The minimum Gasteiger partial charge on any atom is -0.496 e. The van der Waals surface area contributed by atoms with Crippen molar-refractivity contribution in [1.82, 2.24) is 34.6 Å². The standard InChI is InChI=1S/C46H48BN5O5S.C45H47BN6O6S/c1-58(43-13-5-12-41-40(43)27-42(50-41)45(54)52-22-18-33(19-23-52)35-9-3-7-31(25-35)29-49)46(55)56-47(57-58)37-14-15-38-36(26-37)10-4-11-39(38)44(53)51-20-16-32(17-21-51)34-8-2-6-30(24-34)28-48;1-59(41-7-3-6-36-34(41)24-39(49-36)43(54)51-16-12-30(13-17-51)31-5-2-4-28(20-31)25-47)44(55)57-46(58-59)33-10-9-32-22-38(50-37(32)23-33)42(53)52-18-14-45(15-19-52)27-56-40-11-8-29(26-48)21-35(40)45/h2-15,24-27,32-33,50H,16-23,28-29,48-49H2,1H3;2-11,20-24,30,49-50H,12-19,25-27,47-48H2,1H3. The number of carbonyl (C=O) groups is 6. The van der Waals surface area contributed by atoms with Gasteiger partial charge in [-0.1, -0.05) is 140 Å². The van der Waals surface area contributed by atoms with Crippen molar-refractivity contribution in [1.29, 1.82) is 0 Å². The van der Waals surface area contributed by atoms with Gasteiger partial charge < -0.3 is 79.7 Å². The molecule has 6 saturated heterocycles. The lowest BCUT2D eigenvalue weighted by Gasteiger charge is -2.38. The van der Waals surface area contributed by atoms with E-state index in [2.05, 4.69) is 81.7 Å². The van der Waals surface area contributed by atoms with Gasteiger partial charge >= 0.3 is 24.8 Å². The number of likely N-dealkylation sites (tertiary alicyclic amines) is 4. The Morgan fingerprint density at radius 1 is 0.419 bits per heavy atom. The summed E-state index contributed by atoms with van der Waals surface area (Å²) in [4.78, 5) is 102. The minimum absolute atomic E-state index is 0.0172. The third-order valence-corrected chi connectivity index (χ3v) is 30.4. The van der Waals surface area contributed by atoms with E-state index in [1.54, 1.807) is 12.5 Å². The third-order valence-electron chi connectivity index (χ3n) is 25.4. The predicted molar refractivity (Wildman–Crippen MR) is 462 cm³/mol. The smallest absolute Gasteiger partial charge is 0.496 e. The first-order valence-electron chi connectivity index (χ1n) is 40.6. The van der Waals surface area contributed by atoms with E-state index in [4.69, 9.17) is 45.2 Å². The molecule has 7 aliphatic rings. The summed E-state index contributed by atoms with van der Waals surface area (Å²) >= 11 is 0. The van der Waals surface area contributed by atoms with Crippen LogP contribution in [0.5, 0.6) is 5.75 Å². The third kappa shape index (κ3) is 14.6. The van der Waals surface area contributed by atoms with E-state index in [0.29, 0.717) is 146 Å². The van der Waals surface area contributed by atoms with Crippen LogP contribution in [-0.2, 0) is 49.1 Å². The highest BCUT2D eigenvalue weighted by atomic mass is 32.3. The van der Waals surface area contributed by atoms with Crippen LogP contribution in [0, 0.1) is 0 Å². The van der Waals surface area contributed by atoms with Gasteiger partial charge in [-0.25, -0.2) is 9.59 Å². The number of benzene rings is 9. The number of hydrogen-bond donors (Lipinski definition) is 7. The van der Waals surface area contributed by atoms with Crippen LogP contribution in [0.25, 0.3) is 43.5 Å². The van der Waals surface area contributed by atoms with E-state index in [0.717, 1.165) is 123 Å². The molecule has 19 rings (SSSR count). The number of nitrogens with zero attached hydrogens (tertiary/aromatic N) is 4. The largest absolute Gasteiger partial charge is 0.576 e. The monoisotopic (exact) mass is 1600 g/mol. The fraction of sp³-hybridized carbons (Fsp3) is 0.297. The molecule has 2 unspecified atom stereocenters. The highest BCUT2D eigenvalue weighted by molar-refractivity contribution is 8.42. The number of aromatic amines is 3. The van der Waals surface area contributed by atoms with Crippen LogP contribution in [0.1, 0.15) is 155 Å². The molecule has 1 spiro atoms. The number of nitrogens with two attached hydrogens (primary N) is 4. The predicted octanol–water partition coefficient (Wildman–Crippen LogP) is 14.0. The van der Waals surface area contributed by atoms with Gasteiger partial charge in [0, 0.05) is 150 Å². The SMILES string of the molecule is CS1(c2cccc3[nH]c(C(=O)N4CCC(c5cccc(CN)c5)CC4)cc23)OB(c2ccc3c(C(=O)N4CCC(c5cccc(CN)c5)CC4)cccc3c2)OC1=O.CS1(c2cccc3[nH]c(C(=O)N4CCC(c5cccc(CN)c5)CC4)cc23)OB(c2ccc3cc(C(=O)N4CCC5(CC4)COc4ccc(CN)cc45)[nH]c3c2)OC1=O. The molecular formula is C91H95B2N11O11S2. The van der Waals surface area contributed by atoms with Crippen LogP contribution < -0.4 is 38.6 Å². The van der Waals surface area contributed by atoms with E-state index in [9.17, 15) is 28.8 Å². The highest BCUT2D eigenvalue weighted by Crippen LogP contribution is 2.63. The Labute approximate surface area is 682 Å². The summed E-state index contributed by atoms with van der Waals surface area (Å²) in [5.74, 6) is 1.94. The maximum Gasteiger partial charge on any atom is 0.576 e. The van der Waals surface area contributed by atoms with Gasteiger partial charge in [0.25, 0.3) is 23.6 Å². The Hall–Kier alpha value is -10.9. The summed E-state index contributed by atoms with van der Waals surface area (Å²) in [7, 11) is -7.00. The van der Waals surface area contributed by atoms with Crippen LogP contribution >= 0.6 is 20.6 Å². The summed E-state index contributed by atoms with van der Waals surface area (Å²) in [6.45, 7) is 7.88. The molecule has 11 N–H and O–H groups in total. The Morgan fingerprint density at radius 3 is 1.34 bits per heavy atom. The second-order valence-corrected chi connectivity index (χ2v) is 37.6. The molecule has 598 valence electrons. The van der Waals surface area contributed by atoms with Gasteiger partial charge in [0.15, 0.2) is 0 Å². The first-order valence-corrected chi connectivity index (χ1v) is 44.5. The number of piperidine rings is 4. The first-order chi connectivity index (χ1) is 56.9. The van der Waals surface area contributed by atoms with Crippen molar-refractivity contribution in [3.05, 3.63) is 267 Å². The number of hydrogen-bond acceptors (Lipinski definition) is 15. The van der Waals surface area contributed by atoms with Crippen molar-refractivity contribution in [2.75, 3.05) is 71.5 Å². The number of rotatable bonds is 15. The molecule has 4 amide bonds. The van der Waals surface area contributed by atoms with Gasteiger partial charge in [0.05, 0.1) is 6.61 Å². The zero-order valence-electron chi connectivity index (χ0n) is 65.7. The summed E-state index contributed by atoms with van der Waals surface area (Å²) in [5.41, 5.74) is 38.7. The lowest BCUT2D eigenvalue weighted by molar-refractivity contribution is 0.0640. The van der Waals surface area contributed by atoms with Gasteiger partial charge in [-0.2, -0.15) is 0 Å². The number of carbonyl (C=O) groups excluding carboxylic acids is 6. The second kappa shape index (κ2) is 31.8. The molecule has 2 atom stereocenters. The van der Waals surface area contributed by atoms with Crippen LogP contribution in [0.3, 0.4) is 0 Å². The molecule has 0 bridgehead atoms. The average Bonchev–Trinajstić information content (AvgIpc) is 1.59. The summed E-state index contributed by atoms with van der Waals surface area (Å²) in [6, 6.07) is 65.6. The Morgan fingerprint density at radius 2 is 0.846 bits per heavy atom. The van der Waals surface area contributed by atoms with E-state index < -0.39 is 45.5 Å². The number of amides is 4. The minimum atomic E-state index is -2.58. The van der Waals surface area contributed by atoms with Gasteiger partial charge in [0.1, 0.15) is 22.8 Å². The second-order valence-electron chi connectivity index (χ2n) is 32.3. The zero-order chi connectivity index (χ0) is 80.4. The quantitative estimate of drug-likeness (QED) is 0.0469. The van der Waals surface area contributed by atoms with Gasteiger partial charge in [0.2, 0.25) is 0 Å². The molecule has 0 aliphatic carbocycles. The van der Waals surface area contributed by atoms with Crippen molar-refractivity contribution < 1.29 is 51.0 Å². The van der Waals surface area contributed by atoms with Crippen LogP contribution in [0.2, 0.25) is 0 Å². The van der Waals surface area contributed by atoms with Crippen molar-refractivity contribution in [2.45, 2.75) is 111 Å². The Balaban J connectivity index is 0.000000162. The number of nitrogens with one attached hydrogen (secondary N) is 3. The summed E-state index contributed by atoms with van der Waals surface area (Å²) in [6.07, 6.45) is 10.5. The molecule has 0 saturated carbocycles. The van der Waals surface area contributed by atoms with Crippen molar-refractivity contribution >= 4 is 123 Å². The van der Waals surface area contributed by atoms with Crippen molar-refractivity contribution in [3.63, 3.8) is 0 Å². The molecular weight excluding hydrogens is 1510 g/mol. The van der Waals surface area contributed by atoms with Crippen LogP contribution in [-0.4, -0.2) is 154 Å². The number of fused-ring (bicyclic) bond motifs is 6. The number of H-pyrrole nitrogens is 3. The van der Waals surface area contributed by atoms with Gasteiger partial charge in [-0.05, 0) is 211 Å². The fourth-order valence-corrected chi connectivity index (χ4v) is 22.6. The van der Waals surface area contributed by atoms with E-state index in [1.165, 1.54) is 22.3 Å². The molecule has 0 radical (unpaired) electrons. The Kier molecular flexibility index (Phi) is 21.0.